The molecule has 0 spiro atoms. The molecule has 0 aliphatic heterocycles. The summed E-state index contributed by atoms with van der Waals surface area (Å²) < 4.78 is 1.35. The number of hydrogen-bond donors (Lipinski definition) is 0. The summed E-state index contributed by atoms with van der Waals surface area (Å²) >= 11 is 7.11. The predicted octanol–water partition coefficient (Wildman–Crippen LogP) is 3.46. The molecule has 1 aliphatic carbocycles. The molecule has 0 heterocycles. The lowest BCUT2D eigenvalue weighted by Gasteiger charge is -2.21. The van der Waals surface area contributed by atoms with Crippen molar-refractivity contribution in [3.63, 3.8) is 0 Å². The third-order valence-electron chi connectivity index (χ3n) is 1.72. The first kappa shape index (κ1) is 7.80. The van der Waals surface area contributed by atoms with Gasteiger partial charge in [0.15, 0.2) is 0 Å². The number of rotatable bonds is 0. The van der Waals surface area contributed by atoms with Gasteiger partial charge in [0.1, 0.15) is 0 Å². The highest BCUT2D eigenvalue weighted by atomic mass is 79.9. The van der Waals surface area contributed by atoms with Crippen molar-refractivity contribution in [3.05, 3.63) is 10.6 Å². The van der Waals surface area contributed by atoms with Gasteiger partial charge in [0, 0.05) is 4.83 Å². The van der Waals surface area contributed by atoms with E-state index in [-0.39, 0.29) is 0 Å². The van der Waals surface area contributed by atoms with Crippen LogP contribution in [0.5, 0.6) is 0 Å². The molecule has 0 aromatic carbocycles. The van der Waals surface area contributed by atoms with Gasteiger partial charge in [-0.1, -0.05) is 44.9 Å². The summed E-state index contributed by atoms with van der Waals surface area (Å²) in [6, 6.07) is 0. The predicted molar refractivity (Wildman–Crippen MR) is 48.1 cm³/mol. The van der Waals surface area contributed by atoms with Crippen molar-refractivity contribution < 1.29 is 0 Å². The van der Waals surface area contributed by atoms with Gasteiger partial charge >= 0.3 is 0 Å². The first-order valence-electron chi connectivity index (χ1n) is 3.18. The summed E-state index contributed by atoms with van der Waals surface area (Å²) in [5, 5.41) is 0. The molecule has 0 radical (unpaired) electrons. The van der Waals surface area contributed by atoms with E-state index >= 15 is 0 Å². The second-order valence-electron chi connectivity index (χ2n) is 2.58. The van der Waals surface area contributed by atoms with Gasteiger partial charge in [0.25, 0.3) is 0 Å². The maximum Gasteiger partial charge on any atom is 0.0219 e. The Labute approximate surface area is 73.0 Å². The Morgan fingerprint density at radius 2 is 2.33 bits per heavy atom. The minimum absolute atomic E-state index is 0.678. The van der Waals surface area contributed by atoms with Crippen LogP contribution in [0.1, 0.15) is 19.8 Å². The van der Waals surface area contributed by atoms with Gasteiger partial charge in [-0.2, -0.15) is 0 Å². The van der Waals surface area contributed by atoms with Crippen LogP contribution in [0.4, 0.5) is 0 Å². The van der Waals surface area contributed by atoms with E-state index in [1.165, 1.54) is 10.9 Å². The Hall–Kier alpha value is 0.700. The van der Waals surface area contributed by atoms with E-state index in [0.29, 0.717) is 4.83 Å². The van der Waals surface area contributed by atoms with Gasteiger partial charge < -0.3 is 0 Å². The Morgan fingerprint density at radius 3 is 2.78 bits per heavy atom. The first-order valence-corrected chi connectivity index (χ1v) is 4.89. The van der Waals surface area contributed by atoms with Crippen molar-refractivity contribution in [3.8, 4) is 0 Å². The molecule has 0 saturated heterocycles. The molecular formula is C7H10Br2. The minimum atomic E-state index is 0.678. The van der Waals surface area contributed by atoms with Crippen molar-refractivity contribution in [1.29, 1.82) is 0 Å². The van der Waals surface area contributed by atoms with Crippen molar-refractivity contribution in [2.75, 3.05) is 0 Å². The molecule has 0 aromatic heterocycles. The molecule has 0 nitrogen and oxygen atoms in total. The lowest BCUT2D eigenvalue weighted by Crippen LogP contribution is -2.13. The highest BCUT2D eigenvalue weighted by Crippen LogP contribution is 2.31. The lowest BCUT2D eigenvalue weighted by atomic mass is 9.96. The third kappa shape index (κ3) is 2.08. The highest BCUT2D eigenvalue weighted by Gasteiger charge is 2.17. The Balaban J connectivity index is 2.54. The third-order valence-corrected chi connectivity index (χ3v) is 3.59. The van der Waals surface area contributed by atoms with Gasteiger partial charge in [0.2, 0.25) is 0 Å². The number of allylic oxidation sites excluding steroid dienone is 2. The van der Waals surface area contributed by atoms with Crippen LogP contribution in [-0.2, 0) is 0 Å². The van der Waals surface area contributed by atoms with Crippen LogP contribution in [0.3, 0.4) is 0 Å². The highest BCUT2D eigenvalue weighted by molar-refractivity contribution is 9.12. The fourth-order valence-electron chi connectivity index (χ4n) is 0.932. The topological polar surface area (TPSA) is 0 Å². The SMILES string of the molecule is CC1CC=C(Br)C[C@@H]1Br. The van der Waals surface area contributed by atoms with Gasteiger partial charge in [-0.25, -0.2) is 0 Å². The average Bonchev–Trinajstić information content (AvgIpc) is 1.80. The summed E-state index contributed by atoms with van der Waals surface area (Å²) in [6.07, 6.45) is 4.63. The van der Waals surface area contributed by atoms with Crippen LogP contribution in [0.25, 0.3) is 0 Å². The maximum absolute atomic E-state index is 3.62. The molecule has 1 rings (SSSR count). The normalized spacial score (nSPS) is 36.1. The summed E-state index contributed by atoms with van der Waals surface area (Å²) in [5.41, 5.74) is 0. The molecule has 0 amide bonds. The molecular weight excluding hydrogens is 244 g/mol. The zero-order valence-electron chi connectivity index (χ0n) is 5.40. The van der Waals surface area contributed by atoms with Crippen molar-refractivity contribution >= 4 is 31.9 Å². The molecule has 0 aromatic rings. The standard InChI is InChI=1S/C7H10Br2/c1-5-2-3-6(8)4-7(5)9/h3,5,7H,2,4H2,1H3/t5?,7-/m0/s1. The summed E-state index contributed by atoms with van der Waals surface area (Å²) in [5.74, 6) is 0.797. The van der Waals surface area contributed by atoms with Crippen molar-refractivity contribution in [1.82, 2.24) is 0 Å². The van der Waals surface area contributed by atoms with Crippen LogP contribution >= 0.6 is 31.9 Å². The molecule has 0 saturated carbocycles. The van der Waals surface area contributed by atoms with Crippen LogP contribution in [0, 0.1) is 5.92 Å². The second-order valence-corrected chi connectivity index (χ2v) is 4.78. The van der Waals surface area contributed by atoms with E-state index in [0.717, 1.165) is 12.3 Å². The summed E-state index contributed by atoms with van der Waals surface area (Å²) in [4.78, 5) is 0.678. The quantitative estimate of drug-likeness (QED) is 0.580. The number of hydrogen-bond acceptors (Lipinski definition) is 0. The molecule has 0 fully saturated rings. The molecule has 9 heavy (non-hydrogen) atoms. The maximum atomic E-state index is 3.62. The van der Waals surface area contributed by atoms with E-state index < -0.39 is 0 Å². The molecule has 52 valence electrons. The van der Waals surface area contributed by atoms with E-state index in [4.69, 9.17) is 0 Å². The van der Waals surface area contributed by atoms with Crippen LogP contribution in [0.15, 0.2) is 10.6 Å². The second kappa shape index (κ2) is 3.20. The zero-order valence-corrected chi connectivity index (χ0v) is 8.57. The molecule has 2 heteroatoms. The van der Waals surface area contributed by atoms with Crippen LogP contribution in [-0.4, -0.2) is 4.83 Å². The molecule has 1 unspecified atom stereocenters. The number of alkyl halides is 1. The van der Waals surface area contributed by atoms with Crippen molar-refractivity contribution in [2.45, 2.75) is 24.6 Å². The van der Waals surface area contributed by atoms with E-state index in [2.05, 4.69) is 44.9 Å². The van der Waals surface area contributed by atoms with Gasteiger partial charge in [-0.05, 0) is 23.2 Å². The average molecular weight is 254 g/mol. The molecule has 2 atom stereocenters. The molecule has 0 bridgehead atoms. The summed E-state index contributed by atoms with van der Waals surface area (Å²) in [7, 11) is 0. The minimum Gasteiger partial charge on any atom is -0.0884 e. The van der Waals surface area contributed by atoms with E-state index in [9.17, 15) is 0 Å². The van der Waals surface area contributed by atoms with Gasteiger partial charge in [-0.3, -0.25) is 0 Å². The molecule has 1 aliphatic rings. The smallest absolute Gasteiger partial charge is 0.0219 e. The van der Waals surface area contributed by atoms with Crippen LogP contribution in [0.2, 0.25) is 0 Å². The largest absolute Gasteiger partial charge is 0.0884 e. The Kier molecular flexibility index (Phi) is 2.77. The fraction of sp³-hybridized carbons (Fsp3) is 0.714. The van der Waals surface area contributed by atoms with Gasteiger partial charge in [-0.15, -0.1) is 0 Å². The molecule has 0 N–H and O–H groups in total. The van der Waals surface area contributed by atoms with Crippen molar-refractivity contribution in [2.24, 2.45) is 5.92 Å². The fourth-order valence-corrected chi connectivity index (χ4v) is 2.47. The zero-order chi connectivity index (χ0) is 6.85. The van der Waals surface area contributed by atoms with Crippen LogP contribution < -0.4 is 0 Å². The monoisotopic (exact) mass is 252 g/mol. The Morgan fingerprint density at radius 1 is 1.67 bits per heavy atom. The number of halogens is 2. The first-order chi connectivity index (χ1) is 4.20. The Bertz CT molecular complexity index is 129. The van der Waals surface area contributed by atoms with E-state index in [1.54, 1.807) is 0 Å². The lowest BCUT2D eigenvalue weighted by molar-refractivity contribution is 0.547. The van der Waals surface area contributed by atoms with E-state index in [1.807, 2.05) is 0 Å². The van der Waals surface area contributed by atoms with Gasteiger partial charge in [0.05, 0.1) is 0 Å². The summed E-state index contributed by atoms with van der Waals surface area (Å²) in [6.45, 7) is 2.27.